The lowest BCUT2D eigenvalue weighted by atomic mass is 10.2. The first kappa shape index (κ1) is 19.2. The molecule has 0 aliphatic rings. The lowest BCUT2D eigenvalue weighted by Gasteiger charge is -2.12. The Bertz CT molecular complexity index is 1120. The van der Waals surface area contributed by atoms with Crippen molar-refractivity contribution in [1.29, 1.82) is 0 Å². The van der Waals surface area contributed by atoms with Gasteiger partial charge in [0.1, 0.15) is 11.4 Å². The van der Waals surface area contributed by atoms with Crippen LogP contribution in [0.15, 0.2) is 64.2 Å². The third kappa shape index (κ3) is 4.17. The van der Waals surface area contributed by atoms with Gasteiger partial charge >= 0.3 is 0 Å². The van der Waals surface area contributed by atoms with E-state index >= 15 is 0 Å². The van der Waals surface area contributed by atoms with Gasteiger partial charge in [-0.05, 0) is 50.2 Å². The Morgan fingerprint density at radius 3 is 2.66 bits per heavy atom. The van der Waals surface area contributed by atoms with Gasteiger partial charge in [0.15, 0.2) is 10.9 Å². The van der Waals surface area contributed by atoms with Gasteiger partial charge in [0.25, 0.3) is 0 Å². The molecule has 4 aromatic rings. The summed E-state index contributed by atoms with van der Waals surface area (Å²) >= 11 is 1.29. The first-order valence-corrected chi connectivity index (χ1v) is 10.1. The molecule has 0 aliphatic carbocycles. The summed E-state index contributed by atoms with van der Waals surface area (Å²) in [6, 6.07) is 15.4. The van der Waals surface area contributed by atoms with Gasteiger partial charge in [-0.3, -0.25) is 9.36 Å². The first-order chi connectivity index (χ1) is 14.0. The number of nitrogens with zero attached hydrogens (tertiary/aromatic N) is 3. The highest BCUT2D eigenvalue weighted by Crippen LogP contribution is 2.31. The average Bonchev–Trinajstić information content (AvgIpc) is 3.32. The Hall–Kier alpha value is -3.13. The van der Waals surface area contributed by atoms with Crippen molar-refractivity contribution in [3.63, 3.8) is 0 Å². The predicted octanol–water partition coefficient (Wildman–Crippen LogP) is 5.14. The minimum atomic E-state index is -0.347. The van der Waals surface area contributed by atoms with Crippen molar-refractivity contribution < 1.29 is 13.6 Å². The van der Waals surface area contributed by atoms with E-state index in [1.165, 1.54) is 36.0 Å². The third-order valence-corrected chi connectivity index (χ3v) is 5.23. The minimum Gasteiger partial charge on any atom is -0.453 e. The zero-order chi connectivity index (χ0) is 20.4. The molecule has 0 bridgehead atoms. The number of amides is 1. The summed E-state index contributed by atoms with van der Waals surface area (Å²) < 4.78 is 20.9. The third-order valence-electron chi connectivity index (χ3n) is 4.29. The second-order valence-electron chi connectivity index (χ2n) is 6.76. The molecule has 6 nitrogen and oxygen atoms in total. The number of nitrogens with one attached hydrogen (secondary N) is 1. The summed E-state index contributed by atoms with van der Waals surface area (Å²) in [5.41, 5.74) is 1.33. The van der Waals surface area contributed by atoms with Crippen molar-refractivity contribution >= 4 is 34.3 Å². The molecule has 1 amide bonds. The lowest BCUT2D eigenvalue weighted by molar-refractivity contribution is -0.113. The number of carbonyl (C=O) groups is 1. The van der Waals surface area contributed by atoms with E-state index in [0.717, 1.165) is 11.0 Å². The summed E-state index contributed by atoms with van der Waals surface area (Å²) in [6.07, 6.45) is 0. The van der Waals surface area contributed by atoms with E-state index in [1.807, 2.05) is 48.7 Å². The quantitative estimate of drug-likeness (QED) is 0.446. The molecule has 0 unspecified atom stereocenters. The fourth-order valence-electron chi connectivity index (χ4n) is 2.96. The summed E-state index contributed by atoms with van der Waals surface area (Å²) in [5, 5.41) is 12.9. The monoisotopic (exact) mass is 410 g/mol. The van der Waals surface area contributed by atoms with E-state index in [0.29, 0.717) is 22.4 Å². The molecule has 0 spiro atoms. The van der Waals surface area contributed by atoms with Crippen molar-refractivity contribution in [2.75, 3.05) is 11.1 Å². The number of fused-ring (bicyclic) bond motifs is 1. The molecule has 2 heterocycles. The molecular weight excluding hydrogens is 391 g/mol. The molecule has 1 N–H and O–H groups in total. The Balaban J connectivity index is 1.52. The zero-order valence-electron chi connectivity index (χ0n) is 15.9. The summed E-state index contributed by atoms with van der Waals surface area (Å²) in [4.78, 5) is 12.2. The van der Waals surface area contributed by atoms with Crippen molar-refractivity contribution in [2.45, 2.75) is 25.0 Å². The summed E-state index contributed by atoms with van der Waals surface area (Å²) in [6.45, 7) is 4.05. The number of thioether (sulfide) groups is 1. The molecule has 0 atom stereocenters. The van der Waals surface area contributed by atoms with Crippen LogP contribution in [-0.2, 0) is 4.79 Å². The Morgan fingerprint density at radius 2 is 1.93 bits per heavy atom. The number of carbonyl (C=O) groups excluding carboxylic acids is 1. The molecule has 0 fully saturated rings. The van der Waals surface area contributed by atoms with E-state index in [2.05, 4.69) is 15.5 Å². The molecule has 0 saturated heterocycles. The summed E-state index contributed by atoms with van der Waals surface area (Å²) in [7, 11) is 0. The van der Waals surface area contributed by atoms with Crippen LogP contribution in [0.2, 0.25) is 0 Å². The number of anilines is 1. The van der Waals surface area contributed by atoms with Gasteiger partial charge in [-0.1, -0.05) is 30.0 Å². The lowest BCUT2D eigenvalue weighted by Crippen LogP contribution is -2.15. The van der Waals surface area contributed by atoms with Gasteiger partial charge in [-0.25, -0.2) is 4.39 Å². The van der Waals surface area contributed by atoms with Crippen molar-refractivity contribution in [1.82, 2.24) is 14.8 Å². The molecule has 148 valence electrons. The Labute approximate surface area is 171 Å². The number of halogens is 1. The highest BCUT2D eigenvalue weighted by Gasteiger charge is 2.20. The summed E-state index contributed by atoms with van der Waals surface area (Å²) in [5.74, 6) is 0.862. The SMILES string of the molecule is CC(C)n1c(SCC(=O)Nc2ccc(F)cc2)nnc1-c1cc2ccccc2o1. The highest BCUT2D eigenvalue weighted by molar-refractivity contribution is 7.99. The molecule has 4 rings (SSSR count). The Morgan fingerprint density at radius 1 is 1.17 bits per heavy atom. The number of rotatable bonds is 6. The van der Waals surface area contributed by atoms with Gasteiger partial charge in [-0.15, -0.1) is 10.2 Å². The van der Waals surface area contributed by atoms with Crippen molar-refractivity contribution in [3.8, 4) is 11.6 Å². The van der Waals surface area contributed by atoms with Crippen LogP contribution in [-0.4, -0.2) is 26.4 Å². The van der Waals surface area contributed by atoms with Crippen LogP contribution in [0, 0.1) is 5.82 Å². The van der Waals surface area contributed by atoms with Crippen LogP contribution in [0.3, 0.4) is 0 Å². The van der Waals surface area contributed by atoms with E-state index in [4.69, 9.17) is 4.42 Å². The predicted molar refractivity (Wildman–Crippen MR) is 111 cm³/mol. The van der Waals surface area contributed by atoms with E-state index in [-0.39, 0.29) is 23.5 Å². The first-order valence-electron chi connectivity index (χ1n) is 9.13. The van der Waals surface area contributed by atoms with Crippen LogP contribution in [0.4, 0.5) is 10.1 Å². The van der Waals surface area contributed by atoms with Gasteiger partial charge in [0, 0.05) is 17.1 Å². The topological polar surface area (TPSA) is 73.0 Å². The highest BCUT2D eigenvalue weighted by atomic mass is 32.2. The second-order valence-corrected chi connectivity index (χ2v) is 7.70. The zero-order valence-corrected chi connectivity index (χ0v) is 16.7. The van der Waals surface area contributed by atoms with Gasteiger partial charge in [0.05, 0.1) is 5.75 Å². The van der Waals surface area contributed by atoms with Crippen LogP contribution in [0.1, 0.15) is 19.9 Å². The molecule has 0 saturated carbocycles. The fraction of sp³-hybridized carbons (Fsp3) is 0.190. The number of aromatic nitrogens is 3. The average molecular weight is 410 g/mol. The molecule has 8 heteroatoms. The maximum Gasteiger partial charge on any atom is 0.234 e. The fourth-order valence-corrected chi connectivity index (χ4v) is 3.83. The number of benzene rings is 2. The number of hydrogen-bond acceptors (Lipinski definition) is 5. The van der Waals surface area contributed by atoms with Gasteiger partial charge in [-0.2, -0.15) is 0 Å². The van der Waals surface area contributed by atoms with Crippen LogP contribution < -0.4 is 5.32 Å². The van der Waals surface area contributed by atoms with E-state index in [1.54, 1.807) is 0 Å². The van der Waals surface area contributed by atoms with E-state index < -0.39 is 0 Å². The smallest absolute Gasteiger partial charge is 0.234 e. The largest absolute Gasteiger partial charge is 0.453 e. The maximum atomic E-state index is 13.0. The van der Waals surface area contributed by atoms with E-state index in [9.17, 15) is 9.18 Å². The molecule has 2 aromatic heterocycles. The van der Waals surface area contributed by atoms with Crippen LogP contribution >= 0.6 is 11.8 Å². The van der Waals surface area contributed by atoms with Crippen molar-refractivity contribution in [2.24, 2.45) is 0 Å². The Kier molecular flexibility index (Phi) is 5.35. The number of furan rings is 1. The van der Waals surface area contributed by atoms with Crippen LogP contribution in [0.5, 0.6) is 0 Å². The van der Waals surface area contributed by atoms with Gasteiger partial charge < -0.3 is 9.73 Å². The van der Waals surface area contributed by atoms with Crippen LogP contribution in [0.25, 0.3) is 22.6 Å². The molecule has 0 radical (unpaired) electrons. The minimum absolute atomic E-state index is 0.0795. The molecule has 2 aromatic carbocycles. The normalized spacial score (nSPS) is 11.3. The molecular formula is C21H19FN4O2S. The van der Waals surface area contributed by atoms with Crippen molar-refractivity contribution in [3.05, 3.63) is 60.4 Å². The maximum absolute atomic E-state index is 13.0. The molecule has 29 heavy (non-hydrogen) atoms. The standard InChI is InChI=1S/C21H19FN4O2S/c1-13(2)26-20(18-11-14-5-3-4-6-17(14)28-18)24-25-21(26)29-12-19(27)23-16-9-7-15(22)8-10-16/h3-11,13H,12H2,1-2H3,(H,23,27). The second kappa shape index (κ2) is 8.08. The number of hydrogen-bond donors (Lipinski definition) is 1. The molecule has 0 aliphatic heterocycles. The van der Waals surface area contributed by atoms with Gasteiger partial charge in [0.2, 0.25) is 11.7 Å². The number of para-hydroxylation sites is 1.